The van der Waals surface area contributed by atoms with Crippen LogP contribution in [0.4, 0.5) is 10.5 Å². The van der Waals surface area contributed by atoms with E-state index in [1.54, 1.807) is 0 Å². The molecule has 1 aliphatic rings. The first-order valence-corrected chi connectivity index (χ1v) is 10.7. The monoisotopic (exact) mass is 604 g/mol. The van der Waals surface area contributed by atoms with Gasteiger partial charge in [0.25, 0.3) is 0 Å². The number of urea groups is 1. The minimum absolute atomic E-state index is 0. The van der Waals surface area contributed by atoms with Gasteiger partial charge in [0, 0.05) is 11.7 Å². The molecule has 168 valence electrons. The molecule has 1 aliphatic heterocycles. The van der Waals surface area contributed by atoms with E-state index in [-0.39, 0.29) is 45.5 Å². The van der Waals surface area contributed by atoms with Crippen LogP contribution in [0.5, 0.6) is 0 Å². The normalized spacial score (nSPS) is 20.7. The van der Waals surface area contributed by atoms with Gasteiger partial charge in [-0.3, -0.25) is 4.79 Å². The Hall–Kier alpha value is -2.46. The maximum atomic E-state index is 13.2. The van der Waals surface area contributed by atoms with Gasteiger partial charge < -0.3 is 20.3 Å². The number of benzene rings is 2. The Morgan fingerprint density at radius 2 is 1.78 bits per heavy atom. The van der Waals surface area contributed by atoms with Gasteiger partial charge in [0.15, 0.2) is 0 Å². The molecule has 7 heteroatoms. The Balaban J connectivity index is 0.00000363. The van der Waals surface area contributed by atoms with Gasteiger partial charge in [0.05, 0.1) is 0 Å². The molecule has 3 atom stereocenters. The average molecular weight is 604 g/mol. The summed E-state index contributed by atoms with van der Waals surface area (Å²) >= 11 is 0. The zero-order chi connectivity index (χ0) is 22.5. The van der Waals surface area contributed by atoms with Gasteiger partial charge in [-0.1, -0.05) is 36.9 Å². The first-order valence-electron chi connectivity index (χ1n) is 10.7. The summed E-state index contributed by atoms with van der Waals surface area (Å²) < 4.78 is 0. The molecule has 0 saturated carbocycles. The minimum Gasteiger partial charge on any atom is -0.540 e. The minimum atomic E-state index is -0.727. The van der Waals surface area contributed by atoms with Crippen LogP contribution in [0.3, 0.4) is 0 Å². The fourth-order valence-electron chi connectivity index (χ4n) is 4.31. The number of hydrogen-bond acceptors (Lipinski definition) is 3. The van der Waals surface area contributed by atoms with Crippen LogP contribution in [0.2, 0.25) is 0 Å². The van der Waals surface area contributed by atoms with E-state index in [0.29, 0.717) is 12.1 Å². The molecule has 0 radical (unpaired) electrons. The summed E-state index contributed by atoms with van der Waals surface area (Å²) in [6.07, 6.45) is 3.04. The van der Waals surface area contributed by atoms with Crippen LogP contribution in [0.1, 0.15) is 47.9 Å². The smallest absolute Gasteiger partial charge is 0.540 e. The van der Waals surface area contributed by atoms with Gasteiger partial charge in [0.2, 0.25) is 5.91 Å². The summed E-state index contributed by atoms with van der Waals surface area (Å²) in [4.78, 5) is 38.5. The summed E-state index contributed by atoms with van der Waals surface area (Å²) in [5.41, 5.74) is 5.20. The SMILES string of the molecule is Cc1ccc(NC(=O)NC2CC(c3ccccc3C)CC(C)N(C[C-]=O)C2=O)cc1C.[W+2]. The summed E-state index contributed by atoms with van der Waals surface area (Å²) in [6, 6.07) is 12.5. The van der Waals surface area contributed by atoms with Crippen molar-refractivity contribution in [1.82, 2.24) is 10.2 Å². The second-order valence-corrected chi connectivity index (χ2v) is 8.43. The molecule has 2 N–H and O–H groups in total. The molecule has 2 aromatic carbocycles. The Morgan fingerprint density at radius 1 is 1.06 bits per heavy atom. The van der Waals surface area contributed by atoms with Crippen LogP contribution < -0.4 is 10.6 Å². The van der Waals surface area contributed by atoms with E-state index in [4.69, 9.17) is 0 Å². The number of carbonyl (C=O) groups excluding carboxylic acids is 3. The van der Waals surface area contributed by atoms with Crippen molar-refractivity contribution in [1.29, 1.82) is 0 Å². The van der Waals surface area contributed by atoms with Gasteiger partial charge in [0.1, 0.15) is 6.04 Å². The molecule has 3 unspecified atom stereocenters. The number of rotatable bonds is 5. The Kier molecular flexibility index (Phi) is 9.20. The standard InChI is InChI=1S/C25H30N3O3.W/c1-16-9-10-21(13-18(16)3)26-25(31)27-23-15-20(22-8-6-5-7-17(22)2)14-19(4)28(11-12-29)24(23)30;/h5-10,13,19-20,23H,11,14-15H2,1-4H3,(H2,26,27,31);/q-1;+2. The van der Waals surface area contributed by atoms with E-state index in [1.807, 2.05) is 57.4 Å². The topological polar surface area (TPSA) is 78.5 Å². The van der Waals surface area contributed by atoms with Gasteiger partial charge in [-0.15, -0.1) is 0 Å². The third kappa shape index (κ3) is 6.07. The summed E-state index contributed by atoms with van der Waals surface area (Å²) in [5.74, 6) is -0.161. The third-order valence-corrected chi connectivity index (χ3v) is 6.19. The van der Waals surface area contributed by atoms with Crippen LogP contribution in [0.25, 0.3) is 0 Å². The van der Waals surface area contributed by atoms with Gasteiger partial charge in [-0.25, -0.2) is 11.1 Å². The summed E-state index contributed by atoms with van der Waals surface area (Å²) in [6.45, 7) is 7.89. The maximum absolute atomic E-state index is 13.2. The molecule has 1 heterocycles. The van der Waals surface area contributed by atoms with Crippen molar-refractivity contribution >= 4 is 23.9 Å². The van der Waals surface area contributed by atoms with Crippen molar-refractivity contribution in [3.05, 3.63) is 64.7 Å². The molecule has 1 saturated heterocycles. The van der Waals surface area contributed by atoms with Crippen molar-refractivity contribution in [2.24, 2.45) is 0 Å². The fraction of sp³-hybridized carbons (Fsp3) is 0.400. The van der Waals surface area contributed by atoms with E-state index >= 15 is 0 Å². The van der Waals surface area contributed by atoms with Crippen molar-refractivity contribution in [3.63, 3.8) is 0 Å². The molecule has 1 fully saturated rings. The van der Waals surface area contributed by atoms with E-state index in [2.05, 4.69) is 29.7 Å². The molecular formula is C25H30N3O3W+. The molecule has 3 amide bonds. The molecule has 0 spiro atoms. The number of aryl methyl sites for hydroxylation is 3. The number of amides is 3. The molecule has 3 rings (SSSR count). The number of likely N-dealkylation sites (tertiary alicyclic amines) is 1. The maximum Gasteiger partial charge on any atom is 2.00 e. The molecular weight excluding hydrogens is 574 g/mol. The van der Waals surface area contributed by atoms with Crippen molar-refractivity contribution in [3.8, 4) is 0 Å². The molecule has 0 aromatic heterocycles. The van der Waals surface area contributed by atoms with Crippen LogP contribution in [-0.2, 0) is 30.7 Å². The van der Waals surface area contributed by atoms with Gasteiger partial charge in [-0.05, 0) is 80.8 Å². The predicted molar refractivity (Wildman–Crippen MR) is 122 cm³/mol. The summed E-state index contributed by atoms with van der Waals surface area (Å²) in [5, 5.41) is 5.67. The van der Waals surface area contributed by atoms with E-state index < -0.39 is 12.1 Å². The average Bonchev–Trinajstić information content (AvgIpc) is 2.83. The van der Waals surface area contributed by atoms with Crippen molar-refractivity contribution in [2.45, 2.75) is 58.5 Å². The number of hydrogen-bond donors (Lipinski definition) is 2. The third-order valence-electron chi connectivity index (χ3n) is 6.19. The van der Waals surface area contributed by atoms with Crippen LogP contribution in [-0.4, -0.2) is 41.8 Å². The molecule has 6 nitrogen and oxygen atoms in total. The number of nitrogens with zero attached hydrogens (tertiary/aromatic N) is 1. The van der Waals surface area contributed by atoms with E-state index in [1.165, 1.54) is 10.5 Å². The van der Waals surface area contributed by atoms with E-state index in [0.717, 1.165) is 23.1 Å². The van der Waals surface area contributed by atoms with Crippen LogP contribution >= 0.6 is 0 Å². The van der Waals surface area contributed by atoms with Crippen molar-refractivity contribution < 1.29 is 35.4 Å². The van der Waals surface area contributed by atoms with Crippen LogP contribution in [0, 0.1) is 20.8 Å². The van der Waals surface area contributed by atoms with E-state index in [9.17, 15) is 14.4 Å². The zero-order valence-electron chi connectivity index (χ0n) is 19.0. The second kappa shape index (κ2) is 11.4. The Labute approximate surface area is 204 Å². The molecule has 0 bridgehead atoms. The molecule has 0 aliphatic carbocycles. The van der Waals surface area contributed by atoms with Crippen molar-refractivity contribution in [2.75, 3.05) is 11.9 Å². The van der Waals surface area contributed by atoms with Gasteiger partial charge in [-0.2, -0.15) is 0 Å². The Morgan fingerprint density at radius 3 is 2.44 bits per heavy atom. The Bertz CT molecular complexity index is 979. The number of nitrogens with one attached hydrogen (secondary N) is 2. The molecule has 32 heavy (non-hydrogen) atoms. The zero-order valence-corrected chi connectivity index (χ0v) is 21.9. The number of anilines is 1. The second-order valence-electron chi connectivity index (χ2n) is 8.43. The number of carbonyl (C=O) groups is 2. The summed E-state index contributed by atoms with van der Waals surface area (Å²) in [7, 11) is 0. The van der Waals surface area contributed by atoms with Crippen LogP contribution in [0.15, 0.2) is 42.5 Å². The van der Waals surface area contributed by atoms with Gasteiger partial charge >= 0.3 is 27.1 Å². The first kappa shape index (κ1) is 25.8. The predicted octanol–water partition coefficient (Wildman–Crippen LogP) is 4.00. The fourth-order valence-corrected chi connectivity index (χ4v) is 4.31. The first-order chi connectivity index (χ1) is 14.8. The quantitative estimate of drug-likeness (QED) is 0.507. The largest absolute Gasteiger partial charge is 2.00 e. The molecule has 2 aromatic rings.